The summed E-state index contributed by atoms with van der Waals surface area (Å²) < 4.78 is 5.14. The van der Waals surface area contributed by atoms with Gasteiger partial charge in [-0.2, -0.15) is 0 Å². The lowest BCUT2D eigenvalue weighted by atomic mass is 9.83. The SMILES string of the molecule is COc1ccc(CCC(C)(C)CCN)cc1. The Labute approximate surface area is 98.8 Å². The van der Waals surface area contributed by atoms with E-state index in [1.54, 1.807) is 7.11 Å². The van der Waals surface area contributed by atoms with E-state index in [0.717, 1.165) is 25.1 Å². The average Bonchev–Trinajstić information content (AvgIpc) is 2.27. The van der Waals surface area contributed by atoms with Crippen molar-refractivity contribution in [2.24, 2.45) is 11.1 Å². The Morgan fingerprint density at radius 1 is 1.12 bits per heavy atom. The molecule has 1 aromatic carbocycles. The molecule has 1 aromatic rings. The maximum atomic E-state index is 5.60. The molecule has 2 N–H and O–H groups in total. The molecule has 0 saturated carbocycles. The van der Waals surface area contributed by atoms with Crippen LogP contribution in [0, 0.1) is 5.41 Å². The second-order valence-electron chi connectivity index (χ2n) is 5.05. The Morgan fingerprint density at radius 2 is 1.75 bits per heavy atom. The van der Waals surface area contributed by atoms with E-state index >= 15 is 0 Å². The average molecular weight is 221 g/mol. The molecule has 0 aromatic heterocycles. The minimum atomic E-state index is 0.342. The molecule has 0 radical (unpaired) electrons. The van der Waals surface area contributed by atoms with E-state index in [4.69, 9.17) is 10.5 Å². The van der Waals surface area contributed by atoms with Gasteiger partial charge in [0.2, 0.25) is 0 Å². The molecule has 0 unspecified atom stereocenters. The van der Waals surface area contributed by atoms with Crippen LogP contribution in [0.25, 0.3) is 0 Å². The highest BCUT2D eigenvalue weighted by molar-refractivity contribution is 5.27. The predicted molar refractivity (Wildman–Crippen MR) is 68.8 cm³/mol. The molecule has 0 saturated heterocycles. The zero-order valence-corrected chi connectivity index (χ0v) is 10.6. The molecule has 1 rings (SSSR count). The molecule has 0 heterocycles. The molecular weight excluding hydrogens is 198 g/mol. The van der Waals surface area contributed by atoms with Crippen LogP contribution in [0.1, 0.15) is 32.3 Å². The summed E-state index contributed by atoms with van der Waals surface area (Å²) in [6.07, 6.45) is 3.37. The zero-order valence-electron chi connectivity index (χ0n) is 10.6. The Hall–Kier alpha value is -1.02. The molecule has 16 heavy (non-hydrogen) atoms. The van der Waals surface area contributed by atoms with Crippen LogP contribution >= 0.6 is 0 Å². The lowest BCUT2D eigenvalue weighted by Crippen LogP contribution is -2.17. The van der Waals surface area contributed by atoms with Crippen LogP contribution in [0.5, 0.6) is 5.75 Å². The third-order valence-corrected chi connectivity index (χ3v) is 3.07. The lowest BCUT2D eigenvalue weighted by molar-refractivity contribution is 0.313. The highest BCUT2D eigenvalue weighted by Gasteiger charge is 2.16. The number of nitrogens with two attached hydrogens (primary N) is 1. The van der Waals surface area contributed by atoms with Crippen molar-refractivity contribution in [3.63, 3.8) is 0 Å². The van der Waals surface area contributed by atoms with Crippen molar-refractivity contribution < 1.29 is 4.74 Å². The molecule has 0 spiro atoms. The van der Waals surface area contributed by atoms with Crippen LogP contribution in [-0.2, 0) is 6.42 Å². The summed E-state index contributed by atoms with van der Waals surface area (Å²) in [7, 11) is 1.69. The van der Waals surface area contributed by atoms with E-state index in [-0.39, 0.29) is 0 Å². The number of rotatable bonds is 6. The molecule has 90 valence electrons. The van der Waals surface area contributed by atoms with Crippen molar-refractivity contribution in [1.82, 2.24) is 0 Å². The fourth-order valence-electron chi connectivity index (χ4n) is 1.79. The van der Waals surface area contributed by atoms with Gasteiger partial charge in [0.15, 0.2) is 0 Å². The van der Waals surface area contributed by atoms with Crippen LogP contribution in [0.3, 0.4) is 0 Å². The van der Waals surface area contributed by atoms with Gasteiger partial charge >= 0.3 is 0 Å². The maximum Gasteiger partial charge on any atom is 0.118 e. The molecule has 2 nitrogen and oxygen atoms in total. The molecular formula is C14H23NO. The normalized spacial score (nSPS) is 11.5. The highest BCUT2D eigenvalue weighted by atomic mass is 16.5. The van der Waals surface area contributed by atoms with Gasteiger partial charge in [-0.1, -0.05) is 26.0 Å². The summed E-state index contributed by atoms with van der Waals surface area (Å²) in [4.78, 5) is 0. The summed E-state index contributed by atoms with van der Waals surface area (Å²) in [5.74, 6) is 0.921. The van der Waals surface area contributed by atoms with Crippen LogP contribution in [-0.4, -0.2) is 13.7 Å². The fourth-order valence-corrected chi connectivity index (χ4v) is 1.79. The Bertz CT molecular complexity index is 303. The van der Waals surface area contributed by atoms with Gasteiger partial charge in [0.1, 0.15) is 5.75 Å². The molecule has 0 aliphatic heterocycles. The molecule has 0 atom stereocenters. The first-order valence-corrected chi connectivity index (χ1v) is 5.90. The van der Waals surface area contributed by atoms with Gasteiger partial charge in [-0.3, -0.25) is 0 Å². The molecule has 0 fully saturated rings. The van der Waals surface area contributed by atoms with Crippen molar-refractivity contribution in [1.29, 1.82) is 0 Å². The Balaban J connectivity index is 2.48. The van der Waals surface area contributed by atoms with Crippen molar-refractivity contribution in [3.8, 4) is 5.75 Å². The summed E-state index contributed by atoms with van der Waals surface area (Å²) in [5.41, 5.74) is 7.31. The van der Waals surface area contributed by atoms with Crippen molar-refractivity contribution >= 4 is 0 Å². The van der Waals surface area contributed by atoms with Gasteiger partial charge in [0.25, 0.3) is 0 Å². The summed E-state index contributed by atoms with van der Waals surface area (Å²) in [6.45, 7) is 5.34. The monoisotopic (exact) mass is 221 g/mol. The maximum absolute atomic E-state index is 5.60. The van der Waals surface area contributed by atoms with Crippen LogP contribution < -0.4 is 10.5 Å². The van der Waals surface area contributed by atoms with E-state index in [1.165, 1.54) is 12.0 Å². The topological polar surface area (TPSA) is 35.2 Å². The first-order chi connectivity index (χ1) is 7.57. The first-order valence-electron chi connectivity index (χ1n) is 5.90. The minimum Gasteiger partial charge on any atom is -0.497 e. The number of aryl methyl sites for hydroxylation is 1. The number of hydrogen-bond donors (Lipinski definition) is 1. The van der Waals surface area contributed by atoms with E-state index in [1.807, 2.05) is 12.1 Å². The van der Waals surface area contributed by atoms with E-state index in [0.29, 0.717) is 5.41 Å². The van der Waals surface area contributed by atoms with Crippen LogP contribution in [0.2, 0.25) is 0 Å². The van der Waals surface area contributed by atoms with Gasteiger partial charge in [0, 0.05) is 0 Å². The molecule has 0 amide bonds. The highest BCUT2D eigenvalue weighted by Crippen LogP contribution is 2.26. The van der Waals surface area contributed by atoms with E-state index < -0.39 is 0 Å². The lowest BCUT2D eigenvalue weighted by Gasteiger charge is -2.23. The number of ether oxygens (including phenoxy) is 1. The molecule has 2 heteroatoms. The Kier molecular flexibility index (Phi) is 4.81. The van der Waals surface area contributed by atoms with Gasteiger partial charge in [-0.25, -0.2) is 0 Å². The van der Waals surface area contributed by atoms with Crippen molar-refractivity contribution in [2.45, 2.75) is 33.1 Å². The summed E-state index contributed by atoms with van der Waals surface area (Å²) in [5, 5.41) is 0. The van der Waals surface area contributed by atoms with Gasteiger partial charge < -0.3 is 10.5 Å². The zero-order chi connectivity index (χ0) is 12.0. The van der Waals surface area contributed by atoms with Crippen molar-refractivity contribution in [2.75, 3.05) is 13.7 Å². The number of hydrogen-bond acceptors (Lipinski definition) is 2. The van der Waals surface area contributed by atoms with Gasteiger partial charge in [-0.15, -0.1) is 0 Å². The van der Waals surface area contributed by atoms with Crippen molar-refractivity contribution in [3.05, 3.63) is 29.8 Å². The van der Waals surface area contributed by atoms with E-state index in [9.17, 15) is 0 Å². The van der Waals surface area contributed by atoms with Crippen LogP contribution in [0.4, 0.5) is 0 Å². The second-order valence-corrected chi connectivity index (χ2v) is 5.05. The summed E-state index contributed by atoms with van der Waals surface area (Å²) >= 11 is 0. The smallest absolute Gasteiger partial charge is 0.118 e. The minimum absolute atomic E-state index is 0.342. The van der Waals surface area contributed by atoms with Gasteiger partial charge in [0.05, 0.1) is 7.11 Å². The second kappa shape index (κ2) is 5.90. The van der Waals surface area contributed by atoms with Gasteiger partial charge in [-0.05, 0) is 48.9 Å². The number of methoxy groups -OCH3 is 1. The summed E-state index contributed by atoms with van der Waals surface area (Å²) in [6, 6.07) is 8.31. The molecule has 0 bridgehead atoms. The van der Waals surface area contributed by atoms with Crippen LogP contribution in [0.15, 0.2) is 24.3 Å². The quantitative estimate of drug-likeness (QED) is 0.801. The largest absolute Gasteiger partial charge is 0.497 e. The third kappa shape index (κ3) is 4.23. The van der Waals surface area contributed by atoms with E-state index in [2.05, 4.69) is 26.0 Å². The Morgan fingerprint density at radius 3 is 2.25 bits per heavy atom. The molecule has 0 aliphatic carbocycles. The number of benzene rings is 1. The molecule has 0 aliphatic rings. The third-order valence-electron chi connectivity index (χ3n) is 3.07. The first kappa shape index (κ1) is 13.0. The standard InChI is InChI=1S/C14H23NO/c1-14(2,10-11-15)9-8-12-4-6-13(16-3)7-5-12/h4-7H,8-11,15H2,1-3H3. The fraction of sp³-hybridized carbons (Fsp3) is 0.571. The predicted octanol–water partition coefficient (Wildman–Crippen LogP) is 3.00.